The summed E-state index contributed by atoms with van der Waals surface area (Å²) in [5.41, 5.74) is 1.71. The predicted octanol–water partition coefficient (Wildman–Crippen LogP) is 7.71. The fourth-order valence-electron chi connectivity index (χ4n) is 4.91. The van der Waals surface area contributed by atoms with Gasteiger partial charge in [0.25, 0.3) is 10.0 Å². The molecule has 0 aliphatic carbocycles. The van der Waals surface area contributed by atoms with Crippen LogP contribution in [0.1, 0.15) is 37.5 Å². The molecule has 4 rings (SSSR count). The van der Waals surface area contributed by atoms with E-state index in [1.54, 1.807) is 36.4 Å². The van der Waals surface area contributed by atoms with E-state index in [2.05, 4.69) is 5.32 Å². The van der Waals surface area contributed by atoms with Crippen molar-refractivity contribution in [2.45, 2.75) is 57.1 Å². The number of amides is 2. The average molecular weight is 701 g/mol. The molecule has 0 heterocycles. The number of aryl methyl sites for hydroxylation is 1. The first-order valence-electron chi connectivity index (χ1n) is 14.6. The predicted molar refractivity (Wildman–Crippen MR) is 186 cm³/mol. The van der Waals surface area contributed by atoms with E-state index < -0.39 is 40.0 Å². The maximum Gasteiger partial charge on any atom is 0.264 e. The van der Waals surface area contributed by atoms with Crippen molar-refractivity contribution in [3.63, 3.8) is 0 Å². The van der Waals surface area contributed by atoms with Gasteiger partial charge in [-0.3, -0.25) is 13.9 Å². The van der Waals surface area contributed by atoms with Gasteiger partial charge in [0, 0.05) is 39.1 Å². The summed E-state index contributed by atoms with van der Waals surface area (Å²) in [6.45, 7) is 6.62. The van der Waals surface area contributed by atoms with Crippen molar-refractivity contribution < 1.29 is 18.0 Å². The van der Waals surface area contributed by atoms with Crippen LogP contribution in [0, 0.1) is 6.92 Å². The lowest BCUT2D eigenvalue weighted by molar-refractivity contribution is -0.140. The number of nitrogens with zero attached hydrogens (tertiary/aromatic N) is 2. The Morgan fingerprint density at radius 2 is 1.43 bits per heavy atom. The van der Waals surface area contributed by atoms with Crippen LogP contribution in [-0.2, 0) is 32.6 Å². The van der Waals surface area contributed by atoms with Gasteiger partial charge in [0.05, 0.1) is 10.6 Å². The Morgan fingerprint density at radius 3 is 2.02 bits per heavy atom. The second-order valence-electron chi connectivity index (χ2n) is 12.0. The molecular formula is C35H36Cl3N3O4S. The lowest BCUT2D eigenvalue weighted by atomic mass is 10.0. The average Bonchev–Trinajstić information content (AvgIpc) is 2.98. The molecule has 0 fully saturated rings. The number of carbonyl (C=O) groups excluding carboxylic acids is 2. The number of hydrogen-bond donors (Lipinski definition) is 1. The number of nitrogens with one attached hydrogen (secondary N) is 1. The Morgan fingerprint density at radius 1 is 0.826 bits per heavy atom. The van der Waals surface area contributed by atoms with Gasteiger partial charge in [-0.2, -0.15) is 0 Å². The SMILES string of the molecule is Cc1cccc(N(CC(=O)N(Cc2c(Cl)cccc2Cl)[C@H](Cc2ccccc2)C(=O)NC(C)(C)C)S(=O)(=O)c2ccc(Cl)cc2)c1. The molecule has 4 aromatic carbocycles. The summed E-state index contributed by atoms with van der Waals surface area (Å²) in [4.78, 5) is 29.9. The molecule has 0 saturated heterocycles. The number of carbonyl (C=O) groups is 2. The van der Waals surface area contributed by atoms with Crippen LogP contribution in [0.2, 0.25) is 15.1 Å². The summed E-state index contributed by atoms with van der Waals surface area (Å²) in [5, 5.41) is 3.99. The normalized spacial score (nSPS) is 12.3. The molecule has 46 heavy (non-hydrogen) atoms. The van der Waals surface area contributed by atoms with Gasteiger partial charge in [-0.25, -0.2) is 8.42 Å². The van der Waals surface area contributed by atoms with E-state index in [1.165, 1.54) is 29.2 Å². The number of benzene rings is 4. The summed E-state index contributed by atoms with van der Waals surface area (Å²) in [6, 6.07) is 25.8. The highest BCUT2D eigenvalue weighted by Gasteiger charge is 2.36. The number of hydrogen-bond acceptors (Lipinski definition) is 4. The van der Waals surface area contributed by atoms with Crippen LogP contribution in [0.15, 0.2) is 102 Å². The fourth-order valence-corrected chi connectivity index (χ4v) is 6.96. The van der Waals surface area contributed by atoms with E-state index >= 15 is 0 Å². The van der Waals surface area contributed by atoms with Gasteiger partial charge in [-0.05, 0) is 87.4 Å². The molecule has 1 N–H and O–H groups in total. The lowest BCUT2D eigenvalue weighted by Crippen LogP contribution is -2.56. The van der Waals surface area contributed by atoms with Crippen LogP contribution in [-0.4, -0.2) is 43.3 Å². The second kappa shape index (κ2) is 14.9. The molecule has 0 aliphatic heterocycles. The molecule has 0 aromatic heterocycles. The molecule has 11 heteroatoms. The largest absolute Gasteiger partial charge is 0.350 e. The molecular weight excluding hydrogens is 665 g/mol. The van der Waals surface area contributed by atoms with Crippen molar-refractivity contribution in [3.05, 3.63) is 129 Å². The molecule has 1 atom stereocenters. The Bertz CT molecular complexity index is 1770. The minimum Gasteiger partial charge on any atom is -0.350 e. The standard InChI is InChI=1S/C35H36Cl3N3O4S/c1-24-10-8-13-27(20-24)41(46(44,45)28-18-16-26(36)17-19-28)23-33(42)40(22-29-30(37)14-9-15-31(29)38)32(34(43)39-35(2,3)4)21-25-11-6-5-7-12-25/h5-20,32H,21-23H2,1-4H3,(H,39,43)/t32-/m1/s1. The lowest BCUT2D eigenvalue weighted by Gasteiger charge is -2.35. The third-order valence-corrected chi connectivity index (χ3v) is 9.88. The van der Waals surface area contributed by atoms with E-state index in [0.29, 0.717) is 20.6 Å². The molecule has 0 spiro atoms. The highest BCUT2D eigenvalue weighted by Crippen LogP contribution is 2.30. The molecule has 0 bridgehead atoms. The van der Waals surface area contributed by atoms with Crippen LogP contribution in [0.3, 0.4) is 0 Å². The molecule has 2 amide bonds. The number of sulfonamides is 1. The minimum absolute atomic E-state index is 0.0433. The van der Waals surface area contributed by atoms with E-state index in [0.717, 1.165) is 15.4 Å². The fraction of sp³-hybridized carbons (Fsp3) is 0.257. The minimum atomic E-state index is -4.26. The summed E-state index contributed by atoms with van der Waals surface area (Å²) in [7, 11) is -4.26. The van der Waals surface area contributed by atoms with E-state index in [1.807, 2.05) is 64.1 Å². The highest BCUT2D eigenvalue weighted by atomic mass is 35.5. The zero-order chi connectivity index (χ0) is 33.6. The quantitative estimate of drug-likeness (QED) is 0.174. The Hall–Kier alpha value is -3.56. The summed E-state index contributed by atoms with van der Waals surface area (Å²) >= 11 is 19.2. The summed E-state index contributed by atoms with van der Waals surface area (Å²) < 4.78 is 29.4. The molecule has 0 aliphatic rings. The molecule has 0 radical (unpaired) electrons. The summed E-state index contributed by atoms with van der Waals surface area (Å²) in [6.07, 6.45) is 0.158. The maximum atomic E-state index is 14.6. The Kier molecular flexibility index (Phi) is 11.4. The zero-order valence-corrected chi connectivity index (χ0v) is 29.1. The molecule has 0 unspecified atom stereocenters. The highest BCUT2D eigenvalue weighted by molar-refractivity contribution is 7.92. The van der Waals surface area contributed by atoms with Gasteiger partial charge in [0.15, 0.2) is 0 Å². The van der Waals surface area contributed by atoms with Crippen LogP contribution in [0.25, 0.3) is 0 Å². The van der Waals surface area contributed by atoms with Gasteiger partial charge in [0.1, 0.15) is 12.6 Å². The van der Waals surface area contributed by atoms with E-state index in [4.69, 9.17) is 34.8 Å². The first kappa shape index (κ1) is 35.3. The molecule has 242 valence electrons. The smallest absolute Gasteiger partial charge is 0.264 e. The van der Waals surface area contributed by atoms with Gasteiger partial charge < -0.3 is 10.2 Å². The van der Waals surface area contributed by atoms with Crippen molar-refractivity contribution in [3.8, 4) is 0 Å². The van der Waals surface area contributed by atoms with Gasteiger partial charge in [-0.15, -0.1) is 0 Å². The van der Waals surface area contributed by atoms with Gasteiger partial charge in [0.2, 0.25) is 11.8 Å². The second-order valence-corrected chi connectivity index (χ2v) is 15.1. The van der Waals surface area contributed by atoms with Crippen molar-refractivity contribution >= 4 is 62.3 Å². The van der Waals surface area contributed by atoms with E-state index in [-0.39, 0.29) is 23.5 Å². The van der Waals surface area contributed by atoms with Crippen molar-refractivity contribution in [2.75, 3.05) is 10.8 Å². The van der Waals surface area contributed by atoms with Crippen molar-refractivity contribution in [2.24, 2.45) is 0 Å². The van der Waals surface area contributed by atoms with Crippen LogP contribution < -0.4 is 9.62 Å². The van der Waals surface area contributed by atoms with Crippen LogP contribution in [0.5, 0.6) is 0 Å². The molecule has 0 saturated carbocycles. The first-order chi connectivity index (χ1) is 21.7. The van der Waals surface area contributed by atoms with Crippen LogP contribution in [0.4, 0.5) is 5.69 Å². The Labute approximate surface area is 286 Å². The number of anilines is 1. The van der Waals surface area contributed by atoms with Crippen LogP contribution >= 0.6 is 34.8 Å². The monoisotopic (exact) mass is 699 g/mol. The number of halogens is 3. The van der Waals surface area contributed by atoms with Crippen molar-refractivity contribution in [1.82, 2.24) is 10.2 Å². The van der Waals surface area contributed by atoms with Crippen molar-refractivity contribution in [1.29, 1.82) is 0 Å². The Balaban J connectivity index is 1.85. The van der Waals surface area contributed by atoms with Gasteiger partial charge in [-0.1, -0.05) is 83.3 Å². The van der Waals surface area contributed by atoms with Gasteiger partial charge >= 0.3 is 0 Å². The third kappa shape index (κ3) is 9.04. The zero-order valence-electron chi connectivity index (χ0n) is 26.0. The maximum absolute atomic E-state index is 14.6. The first-order valence-corrected chi connectivity index (χ1v) is 17.2. The summed E-state index contributed by atoms with van der Waals surface area (Å²) in [5.74, 6) is -1.03. The topological polar surface area (TPSA) is 86.8 Å². The number of rotatable bonds is 11. The van der Waals surface area contributed by atoms with E-state index in [9.17, 15) is 18.0 Å². The molecule has 7 nitrogen and oxygen atoms in total. The molecule has 4 aromatic rings. The third-order valence-electron chi connectivity index (χ3n) is 7.13.